The number of benzene rings is 2. The molecule has 27 heavy (non-hydrogen) atoms. The van der Waals surface area contributed by atoms with Gasteiger partial charge in [-0.05, 0) is 48.7 Å². The molecule has 0 unspecified atom stereocenters. The highest BCUT2D eigenvalue weighted by molar-refractivity contribution is 6.02. The molecule has 5 heteroatoms. The molecule has 2 heterocycles. The number of nitrogens with zero attached hydrogens (tertiary/aromatic N) is 2. The summed E-state index contributed by atoms with van der Waals surface area (Å²) in [6.45, 7) is 1.02. The predicted molar refractivity (Wildman–Crippen MR) is 105 cm³/mol. The number of carbonyl (C=O) groups excluding carboxylic acids is 1. The van der Waals surface area contributed by atoms with E-state index in [0.717, 1.165) is 35.6 Å². The summed E-state index contributed by atoms with van der Waals surface area (Å²) < 4.78 is 15.1. The molecule has 0 radical (unpaired) electrons. The fourth-order valence-electron chi connectivity index (χ4n) is 3.24. The van der Waals surface area contributed by atoms with E-state index in [0.29, 0.717) is 5.69 Å². The number of halogens is 1. The summed E-state index contributed by atoms with van der Waals surface area (Å²) in [5, 5.41) is 2.86. The minimum atomic E-state index is -0.297. The van der Waals surface area contributed by atoms with Crippen LogP contribution in [-0.2, 0) is 17.8 Å². The van der Waals surface area contributed by atoms with Crippen LogP contribution in [0.5, 0.6) is 0 Å². The first kappa shape index (κ1) is 17.2. The van der Waals surface area contributed by atoms with Crippen LogP contribution in [0.3, 0.4) is 0 Å². The minimum absolute atomic E-state index is 0.236. The molecule has 1 aliphatic heterocycles. The number of rotatable bonds is 4. The quantitative estimate of drug-likeness (QED) is 0.686. The Bertz CT molecular complexity index is 966. The fraction of sp³-hybridized carbons (Fsp3) is 0.182. The molecule has 0 aliphatic carbocycles. The van der Waals surface area contributed by atoms with Gasteiger partial charge in [-0.3, -0.25) is 4.79 Å². The third kappa shape index (κ3) is 4.14. The van der Waals surface area contributed by atoms with Crippen molar-refractivity contribution in [2.75, 3.05) is 5.32 Å². The van der Waals surface area contributed by atoms with Gasteiger partial charge in [-0.2, -0.15) is 0 Å². The maximum Gasteiger partial charge on any atom is 0.248 e. The van der Waals surface area contributed by atoms with E-state index in [1.54, 1.807) is 18.2 Å². The number of imidazole rings is 1. The van der Waals surface area contributed by atoms with Crippen LogP contribution in [0.25, 0.3) is 17.3 Å². The summed E-state index contributed by atoms with van der Waals surface area (Å²) >= 11 is 0. The van der Waals surface area contributed by atoms with Gasteiger partial charge in [0.15, 0.2) is 0 Å². The summed E-state index contributed by atoms with van der Waals surface area (Å²) in [6, 6.07) is 13.7. The number of amides is 1. The Hall–Kier alpha value is -3.21. The average Bonchev–Trinajstić information content (AvgIpc) is 3.12. The molecule has 1 amide bonds. The van der Waals surface area contributed by atoms with E-state index in [4.69, 9.17) is 4.98 Å². The molecule has 0 saturated carbocycles. The lowest BCUT2D eigenvalue weighted by Crippen LogP contribution is -2.08. The standard InChI is InChI=1S/C22H20FN3O/c23-18-10-7-16(8-11-18)9-12-22(27)24-19-5-3-4-17(14-19)20-15-26-13-2-1-6-21(26)25-20/h3-5,7-12,14-15H,1-2,6,13H2,(H,24,27). The second-order valence-electron chi connectivity index (χ2n) is 6.65. The van der Waals surface area contributed by atoms with E-state index in [1.807, 2.05) is 24.3 Å². The van der Waals surface area contributed by atoms with E-state index >= 15 is 0 Å². The van der Waals surface area contributed by atoms with Gasteiger partial charge < -0.3 is 9.88 Å². The molecule has 1 aromatic heterocycles. The first-order valence-electron chi connectivity index (χ1n) is 9.08. The maximum atomic E-state index is 12.9. The van der Waals surface area contributed by atoms with Crippen LogP contribution >= 0.6 is 0 Å². The Morgan fingerprint density at radius 2 is 2.00 bits per heavy atom. The highest BCUT2D eigenvalue weighted by Crippen LogP contribution is 2.24. The summed E-state index contributed by atoms with van der Waals surface area (Å²) in [7, 11) is 0. The lowest BCUT2D eigenvalue weighted by atomic mass is 10.1. The van der Waals surface area contributed by atoms with E-state index in [2.05, 4.69) is 16.1 Å². The SMILES string of the molecule is O=C(C=Cc1ccc(F)cc1)Nc1cccc(-c2cn3c(n2)CCCC3)c1. The third-order valence-corrected chi connectivity index (χ3v) is 4.63. The lowest BCUT2D eigenvalue weighted by molar-refractivity contribution is -0.111. The highest BCUT2D eigenvalue weighted by atomic mass is 19.1. The second-order valence-corrected chi connectivity index (χ2v) is 6.65. The van der Waals surface area contributed by atoms with E-state index < -0.39 is 0 Å². The van der Waals surface area contributed by atoms with Crippen molar-refractivity contribution in [3.63, 3.8) is 0 Å². The number of nitrogens with one attached hydrogen (secondary N) is 1. The average molecular weight is 361 g/mol. The highest BCUT2D eigenvalue weighted by Gasteiger charge is 2.13. The molecule has 4 nitrogen and oxygen atoms in total. The molecule has 0 atom stereocenters. The lowest BCUT2D eigenvalue weighted by Gasteiger charge is -2.11. The topological polar surface area (TPSA) is 46.9 Å². The molecule has 0 spiro atoms. The van der Waals surface area contributed by atoms with Crippen LogP contribution in [0.2, 0.25) is 0 Å². The minimum Gasteiger partial charge on any atom is -0.334 e. The van der Waals surface area contributed by atoms with Crippen LogP contribution in [-0.4, -0.2) is 15.5 Å². The smallest absolute Gasteiger partial charge is 0.248 e. The van der Waals surface area contributed by atoms with Gasteiger partial charge in [-0.1, -0.05) is 24.3 Å². The van der Waals surface area contributed by atoms with Gasteiger partial charge >= 0.3 is 0 Å². The van der Waals surface area contributed by atoms with Crippen molar-refractivity contribution in [3.05, 3.63) is 78.0 Å². The first-order chi connectivity index (χ1) is 13.2. The Labute approximate surface area is 157 Å². The van der Waals surface area contributed by atoms with Crippen LogP contribution < -0.4 is 5.32 Å². The molecular weight excluding hydrogens is 341 g/mol. The Morgan fingerprint density at radius 3 is 2.81 bits per heavy atom. The van der Waals surface area contributed by atoms with Gasteiger partial charge in [-0.15, -0.1) is 0 Å². The predicted octanol–water partition coefficient (Wildman–Crippen LogP) is 4.68. The normalized spacial score (nSPS) is 13.5. The van der Waals surface area contributed by atoms with Crippen LogP contribution in [0.15, 0.2) is 60.8 Å². The number of aromatic nitrogens is 2. The van der Waals surface area contributed by atoms with Crippen molar-refractivity contribution < 1.29 is 9.18 Å². The number of hydrogen-bond donors (Lipinski definition) is 1. The maximum absolute atomic E-state index is 12.9. The molecule has 4 rings (SSSR count). The number of fused-ring (bicyclic) bond motifs is 1. The Kier molecular flexibility index (Phi) is 4.83. The molecule has 1 aliphatic rings. The molecule has 1 N–H and O–H groups in total. The van der Waals surface area contributed by atoms with Gasteiger partial charge in [0, 0.05) is 36.5 Å². The van der Waals surface area contributed by atoms with Gasteiger partial charge in [-0.25, -0.2) is 9.37 Å². The van der Waals surface area contributed by atoms with Crippen LogP contribution in [0.4, 0.5) is 10.1 Å². The number of carbonyl (C=O) groups is 1. The first-order valence-corrected chi connectivity index (χ1v) is 9.08. The number of hydrogen-bond acceptors (Lipinski definition) is 2. The second kappa shape index (κ2) is 7.58. The van der Waals surface area contributed by atoms with Crippen molar-refractivity contribution in [2.24, 2.45) is 0 Å². The van der Waals surface area contributed by atoms with Crippen LogP contribution in [0, 0.1) is 5.82 Å². The molecular formula is C22H20FN3O. The van der Waals surface area contributed by atoms with Crippen LogP contribution in [0.1, 0.15) is 24.2 Å². The summed E-state index contributed by atoms with van der Waals surface area (Å²) in [5.41, 5.74) is 3.40. The van der Waals surface area contributed by atoms with Gasteiger partial charge in [0.25, 0.3) is 0 Å². The van der Waals surface area contributed by atoms with Gasteiger partial charge in [0.1, 0.15) is 11.6 Å². The van der Waals surface area contributed by atoms with Crippen molar-refractivity contribution in [3.8, 4) is 11.3 Å². The number of aryl methyl sites for hydroxylation is 2. The van der Waals surface area contributed by atoms with Crippen molar-refractivity contribution in [1.82, 2.24) is 9.55 Å². The zero-order valence-corrected chi connectivity index (χ0v) is 14.9. The van der Waals surface area contributed by atoms with E-state index in [1.165, 1.54) is 31.1 Å². The monoisotopic (exact) mass is 361 g/mol. The largest absolute Gasteiger partial charge is 0.334 e. The van der Waals surface area contributed by atoms with Gasteiger partial charge in [0.2, 0.25) is 5.91 Å². The van der Waals surface area contributed by atoms with Gasteiger partial charge in [0.05, 0.1) is 5.69 Å². The molecule has 0 fully saturated rings. The van der Waals surface area contributed by atoms with Crippen molar-refractivity contribution in [1.29, 1.82) is 0 Å². The zero-order valence-electron chi connectivity index (χ0n) is 14.9. The summed E-state index contributed by atoms with van der Waals surface area (Å²) in [6.07, 6.45) is 8.58. The van der Waals surface area contributed by atoms with E-state index in [-0.39, 0.29) is 11.7 Å². The number of anilines is 1. The zero-order chi connectivity index (χ0) is 18.6. The molecule has 2 aromatic carbocycles. The summed E-state index contributed by atoms with van der Waals surface area (Å²) in [4.78, 5) is 16.9. The van der Waals surface area contributed by atoms with E-state index in [9.17, 15) is 9.18 Å². The molecule has 0 bridgehead atoms. The Balaban J connectivity index is 1.46. The third-order valence-electron chi connectivity index (χ3n) is 4.63. The molecule has 136 valence electrons. The Morgan fingerprint density at radius 1 is 1.15 bits per heavy atom. The fourth-order valence-corrected chi connectivity index (χ4v) is 3.24. The molecule has 0 saturated heterocycles. The molecule has 3 aromatic rings. The summed E-state index contributed by atoms with van der Waals surface area (Å²) in [5.74, 6) is 0.600. The van der Waals surface area contributed by atoms with Crippen molar-refractivity contribution >= 4 is 17.7 Å². The van der Waals surface area contributed by atoms with Crippen molar-refractivity contribution in [2.45, 2.75) is 25.8 Å².